The first-order valence-corrected chi connectivity index (χ1v) is 7.31. The average Bonchev–Trinajstić information content (AvgIpc) is 3.19. The first kappa shape index (κ1) is 13.9. The van der Waals surface area contributed by atoms with E-state index >= 15 is 0 Å². The molecule has 0 aliphatic carbocycles. The molecule has 2 aromatic rings. The van der Waals surface area contributed by atoms with Crippen LogP contribution in [0, 0.1) is 0 Å². The van der Waals surface area contributed by atoms with Gasteiger partial charge >= 0.3 is 0 Å². The van der Waals surface area contributed by atoms with Gasteiger partial charge in [-0.2, -0.15) is 5.10 Å². The van der Waals surface area contributed by atoms with E-state index in [-0.39, 0.29) is 5.91 Å². The number of H-pyrrole nitrogens is 1. The largest absolute Gasteiger partial charge is 0.467 e. The third-order valence-corrected chi connectivity index (χ3v) is 3.99. The average molecular weight is 288 g/mol. The molecule has 1 amide bonds. The number of likely N-dealkylation sites (tertiary alicyclic amines) is 1. The van der Waals surface area contributed by atoms with Crippen LogP contribution in [0.5, 0.6) is 0 Å². The number of nitrogens with zero attached hydrogens (tertiary/aromatic N) is 2. The summed E-state index contributed by atoms with van der Waals surface area (Å²) in [5.41, 5.74) is 1.27. The van der Waals surface area contributed by atoms with Gasteiger partial charge in [0.2, 0.25) is 5.91 Å². The van der Waals surface area contributed by atoms with Crippen LogP contribution in [0.25, 0.3) is 0 Å². The Balaban J connectivity index is 1.39. The summed E-state index contributed by atoms with van der Waals surface area (Å²) in [4.78, 5) is 14.1. The summed E-state index contributed by atoms with van der Waals surface area (Å²) in [6.07, 6.45) is 7.63. The van der Waals surface area contributed by atoms with Crippen LogP contribution in [-0.2, 0) is 11.3 Å². The topological polar surface area (TPSA) is 74.2 Å². The summed E-state index contributed by atoms with van der Waals surface area (Å²) in [5.74, 6) is 1.39. The van der Waals surface area contributed by atoms with Crippen LogP contribution in [0.1, 0.15) is 30.1 Å². The van der Waals surface area contributed by atoms with Crippen molar-refractivity contribution in [2.24, 2.45) is 0 Å². The minimum atomic E-state index is 0.0492. The quantitative estimate of drug-likeness (QED) is 0.874. The molecule has 1 aliphatic heterocycles. The highest BCUT2D eigenvalue weighted by Crippen LogP contribution is 2.26. The van der Waals surface area contributed by atoms with E-state index in [1.165, 1.54) is 5.56 Å². The number of aromatic amines is 1. The molecular weight excluding hydrogens is 268 g/mol. The molecule has 2 aromatic heterocycles. The maximum Gasteiger partial charge on any atom is 0.234 e. The minimum Gasteiger partial charge on any atom is -0.467 e. The number of aromatic nitrogens is 2. The molecule has 0 atom stereocenters. The number of nitrogens with one attached hydrogen (secondary N) is 2. The normalized spacial score (nSPS) is 17.0. The molecule has 112 valence electrons. The van der Waals surface area contributed by atoms with Crippen LogP contribution in [0.3, 0.4) is 0 Å². The molecule has 2 N–H and O–H groups in total. The molecule has 1 aliphatic rings. The van der Waals surface area contributed by atoms with E-state index in [1.54, 1.807) is 6.26 Å². The van der Waals surface area contributed by atoms with E-state index < -0.39 is 0 Å². The fourth-order valence-electron chi connectivity index (χ4n) is 2.77. The van der Waals surface area contributed by atoms with Crippen LogP contribution < -0.4 is 5.32 Å². The Morgan fingerprint density at radius 1 is 1.48 bits per heavy atom. The molecule has 0 aromatic carbocycles. The van der Waals surface area contributed by atoms with Crippen molar-refractivity contribution in [1.29, 1.82) is 0 Å². The van der Waals surface area contributed by atoms with Crippen molar-refractivity contribution in [2.75, 3.05) is 19.6 Å². The number of carbonyl (C=O) groups is 1. The third-order valence-electron chi connectivity index (χ3n) is 3.99. The van der Waals surface area contributed by atoms with Crippen molar-refractivity contribution in [2.45, 2.75) is 25.3 Å². The van der Waals surface area contributed by atoms with E-state index in [2.05, 4.69) is 20.4 Å². The van der Waals surface area contributed by atoms with Gasteiger partial charge in [0.15, 0.2) is 0 Å². The zero-order valence-electron chi connectivity index (χ0n) is 11.9. The Morgan fingerprint density at radius 2 is 2.33 bits per heavy atom. The van der Waals surface area contributed by atoms with Crippen LogP contribution in [0.4, 0.5) is 0 Å². The highest BCUT2D eigenvalue weighted by Gasteiger charge is 2.22. The lowest BCUT2D eigenvalue weighted by atomic mass is 9.91. The molecule has 0 saturated carbocycles. The third kappa shape index (κ3) is 3.72. The zero-order valence-corrected chi connectivity index (χ0v) is 11.9. The van der Waals surface area contributed by atoms with Crippen LogP contribution in [0.15, 0.2) is 35.2 Å². The van der Waals surface area contributed by atoms with Gasteiger partial charge in [0.25, 0.3) is 0 Å². The molecular formula is C15H20N4O2. The number of hydrogen-bond acceptors (Lipinski definition) is 4. The zero-order chi connectivity index (χ0) is 14.5. The van der Waals surface area contributed by atoms with Crippen molar-refractivity contribution in [3.63, 3.8) is 0 Å². The Morgan fingerprint density at radius 3 is 3.00 bits per heavy atom. The Kier molecular flexibility index (Phi) is 4.35. The number of carbonyl (C=O) groups excluding carboxylic acids is 1. The monoisotopic (exact) mass is 288 g/mol. The van der Waals surface area contributed by atoms with Crippen molar-refractivity contribution >= 4 is 5.91 Å². The van der Waals surface area contributed by atoms with Gasteiger partial charge in [0, 0.05) is 6.20 Å². The predicted octanol–water partition coefficient (Wildman–Crippen LogP) is 1.50. The Labute approximate surface area is 123 Å². The van der Waals surface area contributed by atoms with Gasteiger partial charge < -0.3 is 9.73 Å². The van der Waals surface area contributed by atoms with Gasteiger partial charge in [-0.15, -0.1) is 0 Å². The van der Waals surface area contributed by atoms with Gasteiger partial charge in [-0.1, -0.05) is 0 Å². The van der Waals surface area contributed by atoms with E-state index in [1.807, 2.05) is 24.5 Å². The second-order valence-electron chi connectivity index (χ2n) is 5.44. The summed E-state index contributed by atoms with van der Waals surface area (Å²) in [7, 11) is 0. The lowest BCUT2D eigenvalue weighted by Crippen LogP contribution is -2.40. The fourth-order valence-corrected chi connectivity index (χ4v) is 2.77. The summed E-state index contributed by atoms with van der Waals surface area (Å²) >= 11 is 0. The van der Waals surface area contributed by atoms with E-state index in [0.29, 0.717) is 19.0 Å². The van der Waals surface area contributed by atoms with Crippen molar-refractivity contribution in [1.82, 2.24) is 20.4 Å². The van der Waals surface area contributed by atoms with E-state index in [0.717, 1.165) is 31.7 Å². The van der Waals surface area contributed by atoms with Gasteiger partial charge in [-0.25, -0.2) is 0 Å². The lowest BCUT2D eigenvalue weighted by molar-refractivity contribution is -0.122. The molecule has 6 heteroatoms. The molecule has 21 heavy (non-hydrogen) atoms. The van der Waals surface area contributed by atoms with Gasteiger partial charge in [0.05, 0.1) is 25.5 Å². The first-order chi connectivity index (χ1) is 10.3. The SMILES string of the molecule is O=C(CN1CCC(c2cn[nH]c2)CC1)NCc1ccco1. The first-order valence-electron chi connectivity index (χ1n) is 7.31. The number of furan rings is 1. The summed E-state index contributed by atoms with van der Waals surface area (Å²) in [6, 6.07) is 3.68. The Bertz CT molecular complexity index is 542. The highest BCUT2D eigenvalue weighted by atomic mass is 16.3. The molecule has 3 heterocycles. The summed E-state index contributed by atoms with van der Waals surface area (Å²) in [6.45, 7) is 2.81. The molecule has 1 fully saturated rings. The molecule has 3 rings (SSSR count). The second kappa shape index (κ2) is 6.58. The fraction of sp³-hybridized carbons (Fsp3) is 0.467. The van der Waals surface area contributed by atoms with Crippen molar-refractivity contribution in [3.8, 4) is 0 Å². The van der Waals surface area contributed by atoms with Crippen molar-refractivity contribution < 1.29 is 9.21 Å². The lowest BCUT2D eigenvalue weighted by Gasteiger charge is -2.30. The maximum absolute atomic E-state index is 11.9. The van der Waals surface area contributed by atoms with Gasteiger partial charge in [0.1, 0.15) is 5.76 Å². The number of piperidine rings is 1. The number of rotatable bonds is 5. The smallest absolute Gasteiger partial charge is 0.234 e. The summed E-state index contributed by atoms with van der Waals surface area (Å²) in [5, 5.41) is 9.75. The van der Waals surface area contributed by atoms with Crippen LogP contribution in [-0.4, -0.2) is 40.6 Å². The Hall–Kier alpha value is -2.08. The summed E-state index contributed by atoms with van der Waals surface area (Å²) < 4.78 is 5.19. The van der Waals surface area contributed by atoms with E-state index in [9.17, 15) is 4.79 Å². The molecule has 1 saturated heterocycles. The molecule has 0 bridgehead atoms. The van der Waals surface area contributed by atoms with Gasteiger partial charge in [-0.05, 0) is 49.5 Å². The number of amides is 1. The molecule has 6 nitrogen and oxygen atoms in total. The van der Waals surface area contributed by atoms with Crippen molar-refractivity contribution in [3.05, 3.63) is 42.1 Å². The van der Waals surface area contributed by atoms with Crippen LogP contribution in [0.2, 0.25) is 0 Å². The molecule has 0 radical (unpaired) electrons. The standard InChI is InChI=1S/C15H20N4O2/c20-15(16-10-14-2-1-7-21-14)11-19-5-3-12(4-6-19)13-8-17-18-9-13/h1-2,7-9,12H,3-6,10-11H2,(H,16,20)(H,17,18). The highest BCUT2D eigenvalue weighted by molar-refractivity contribution is 5.77. The second-order valence-corrected chi connectivity index (χ2v) is 5.44. The molecule has 0 spiro atoms. The minimum absolute atomic E-state index is 0.0492. The van der Waals surface area contributed by atoms with Crippen LogP contribution >= 0.6 is 0 Å². The maximum atomic E-state index is 11.9. The van der Waals surface area contributed by atoms with E-state index in [4.69, 9.17) is 4.42 Å². The predicted molar refractivity (Wildman–Crippen MR) is 77.6 cm³/mol. The van der Waals surface area contributed by atoms with Gasteiger partial charge in [-0.3, -0.25) is 14.8 Å². The number of hydrogen-bond donors (Lipinski definition) is 2. The molecule has 0 unspecified atom stereocenters.